The Balaban J connectivity index is 2.14. The lowest BCUT2D eigenvalue weighted by Gasteiger charge is -2.10. The molecule has 0 fully saturated rings. The van der Waals surface area contributed by atoms with Crippen LogP contribution in [0.2, 0.25) is 0 Å². The number of nitrogens with zero attached hydrogens (tertiary/aromatic N) is 2. The molecule has 2 rings (SSSR count). The Morgan fingerprint density at radius 1 is 1.35 bits per heavy atom. The zero-order chi connectivity index (χ0) is 16.8. The third kappa shape index (κ3) is 4.54. The van der Waals surface area contributed by atoms with E-state index in [1.807, 2.05) is 44.6 Å². The third-order valence-electron chi connectivity index (χ3n) is 3.61. The van der Waals surface area contributed by atoms with Crippen LogP contribution in [-0.4, -0.2) is 54.4 Å². The number of aliphatic hydroxyl groups excluding tert-OH is 1. The Morgan fingerprint density at radius 2 is 2.09 bits per heavy atom. The number of likely N-dealkylation sites (N-methyl/N-ethyl adjacent to an activating group) is 1. The van der Waals surface area contributed by atoms with Crippen LogP contribution < -0.4 is 0 Å². The highest BCUT2D eigenvalue weighted by Gasteiger charge is 2.15. The monoisotopic (exact) mass is 320 g/mol. The second-order valence-corrected chi connectivity index (χ2v) is 5.65. The quantitative estimate of drug-likeness (QED) is 0.794. The lowest BCUT2D eigenvalue weighted by molar-refractivity contribution is -0.151. The highest BCUT2D eigenvalue weighted by atomic mass is 16.7. The molecule has 6 nitrogen and oxygen atoms in total. The molecule has 0 amide bonds. The molecule has 0 aliphatic carbocycles. The maximum atomic E-state index is 12.2. The third-order valence-corrected chi connectivity index (χ3v) is 3.61. The van der Waals surface area contributed by atoms with E-state index in [2.05, 4.69) is 4.90 Å². The predicted octanol–water partition coefficient (Wildman–Crippen LogP) is 2.43. The van der Waals surface area contributed by atoms with Crippen molar-refractivity contribution in [3.63, 3.8) is 0 Å². The van der Waals surface area contributed by atoms with Crippen LogP contribution in [0.25, 0.3) is 10.9 Å². The van der Waals surface area contributed by atoms with E-state index in [0.29, 0.717) is 6.42 Å². The van der Waals surface area contributed by atoms with Gasteiger partial charge in [0, 0.05) is 18.1 Å². The minimum Gasteiger partial charge on any atom is -0.422 e. The summed E-state index contributed by atoms with van der Waals surface area (Å²) >= 11 is 0. The van der Waals surface area contributed by atoms with Crippen LogP contribution in [-0.2, 0) is 15.9 Å². The Kier molecular flexibility index (Phi) is 6.15. The van der Waals surface area contributed by atoms with Gasteiger partial charge in [-0.1, -0.05) is 25.1 Å². The molecule has 0 aliphatic heterocycles. The van der Waals surface area contributed by atoms with Crippen molar-refractivity contribution in [1.29, 1.82) is 0 Å². The summed E-state index contributed by atoms with van der Waals surface area (Å²) in [5.74, 6) is 0. The normalized spacial score (nSPS) is 12.7. The van der Waals surface area contributed by atoms with Crippen molar-refractivity contribution in [2.75, 3.05) is 27.4 Å². The maximum absolute atomic E-state index is 12.2. The van der Waals surface area contributed by atoms with Crippen molar-refractivity contribution >= 4 is 17.0 Å². The fourth-order valence-electron chi connectivity index (χ4n) is 2.29. The SMILES string of the molecule is CCC(O)OCOC(=O)n1cc(CCN(C)C)c2ccccc21. The summed E-state index contributed by atoms with van der Waals surface area (Å²) in [4.78, 5) is 14.4. The zero-order valence-electron chi connectivity index (χ0n) is 13.9. The Bertz CT molecular complexity index is 651. The van der Waals surface area contributed by atoms with Crippen molar-refractivity contribution in [3.8, 4) is 0 Å². The molecular formula is C17H24N2O4. The first kappa shape index (κ1) is 17.5. The Morgan fingerprint density at radius 3 is 2.78 bits per heavy atom. The molecule has 0 radical (unpaired) electrons. The molecule has 23 heavy (non-hydrogen) atoms. The van der Waals surface area contributed by atoms with Gasteiger partial charge in [-0.25, -0.2) is 4.79 Å². The molecule has 1 aromatic carbocycles. The molecule has 1 unspecified atom stereocenters. The van der Waals surface area contributed by atoms with Gasteiger partial charge in [0.2, 0.25) is 0 Å². The maximum Gasteiger partial charge on any atom is 0.420 e. The number of benzene rings is 1. The summed E-state index contributed by atoms with van der Waals surface area (Å²) in [6.07, 6.45) is 1.67. The number of para-hydroxylation sites is 1. The predicted molar refractivity (Wildman–Crippen MR) is 88.3 cm³/mol. The molecule has 0 aliphatic rings. The van der Waals surface area contributed by atoms with E-state index >= 15 is 0 Å². The van der Waals surface area contributed by atoms with E-state index in [1.165, 1.54) is 4.57 Å². The summed E-state index contributed by atoms with van der Waals surface area (Å²) in [6.45, 7) is 2.41. The summed E-state index contributed by atoms with van der Waals surface area (Å²) in [7, 11) is 4.04. The van der Waals surface area contributed by atoms with Crippen LogP contribution in [0.4, 0.5) is 4.79 Å². The average molecular weight is 320 g/mol. The number of hydrogen-bond acceptors (Lipinski definition) is 5. The van der Waals surface area contributed by atoms with Crippen molar-refractivity contribution in [2.45, 2.75) is 26.1 Å². The molecule has 126 valence electrons. The van der Waals surface area contributed by atoms with Crippen LogP contribution in [0.5, 0.6) is 0 Å². The van der Waals surface area contributed by atoms with Crippen LogP contribution in [0, 0.1) is 0 Å². The number of carbonyl (C=O) groups is 1. The minimum absolute atomic E-state index is 0.270. The van der Waals surface area contributed by atoms with Crippen molar-refractivity contribution in [3.05, 3.63) is 36.0 Å². The van der Waals surface area contributed by atoms with Gasteiger partial charge in [0.1, 0.15) is 0 Å². The van der Waals surface area contributed by atoms with Gasteiger partial charge in [0.15, 0.2) is 13.1 Å². The van der Waals surface area contributed by atoms with Crippen LogP contribution in [0.3, 0.4) is 0 Å². The highest BCUT2D eigenvalue weighted by Crippen LogP contribution is 2.22. The summed E-state index contributed by atoms with van der Waals surface area (Å²) in [5, 5.41) is 10.4. The number of ether oxygens (including phenoxy) is 2. The number of fused-ring (bicyclic) bond motifs is 1. The second kappa shape index (κ2) is 8.10. The van der Waals surface area contributed by atoms with Gasteiger partial charge in [-0.05, 0) is 38.6 Å². The molecule has 0 bridgehead atoms. The lowest BCUT2D eigenvalue weighted by Crippen LogP contribution is -2.19. The van der Waals surface area contributed by atoms with Gasteiger partial charge in [-0.2, -0.15) is 0 Å². The molecule has 1 heterocycles. The van der Waals surface area contributed by atoms with Crippen LogP contribution in [0.15, 0.2) is 30.5 Å². The average Bonchev–Trinajstić information content (AvgIpc) is 2.91. The molecule has 1 atom stereocenters. The van der Waals surface area contributed by atoms with Crippen molar-refractivity contribution < 1.29 is 19.4 Å². The number of aromatic nitrogens is 1. The molecule has 2 aromatic rings. The summed E-state index contributed by atoms with van der Waals surface area (Å²) < 4.78 is 11.5. The van der Waals surface area contributed by atoms with Gasteiger partial charge < -0.3 is 19.5 Å². The first-order valence-electron chi connectivity index (χ1n) is 7.73. The van der Waals surface area contributed by atoms with E-state index in [-0.39, 0.29) is 6.79 Å². The standard InChI is InChI=1S/C17H24N2O4/c1-4-16(20)22-12-23-17(21)19-11-13(9-10-18(2)3)14-7-5-6-8-15(14)19/h5-8,11,16,20H,4,9-10,12H2,1-3H3. The Labute approximate surface area is 136 Å². The van der Waals surface area contributed by atoms with Crippen LogP contribution in [0.1, 0.15) is 18.9 Å². The van der Waals surface area contributed by atoms with Gasteiger partial charge in [-0.3, -0.25) is 4.57 Å². The second-order valence-electron chi connectivity index (χ2n) is 5.65. The topological polar surface area (TPSA) is 63.9 Å². The van der Waals surface area contributed by atoms with E-state index < -0.39 is 12.4 Å². The lowest BCUT2D eigenvalue weighted by atomic mass is 10.1. The van der Waals surface area contributed by atoms with E-state index in [0.717, 1.165) is 29.4 Å². The molecule has 0 saturated carbocycles. The van der Waals surface area contributed by atoms with E-state index in [9.17, 15) is 9.90 Å². The smallest absolute Gasteiger partial charge is 0.420 e. The largest absolute Gasteiger partial charge is 0.422 e. The fourth-order valence-corrected chi connectivity index (χ4v) is 2.29. The number of carbonyl (C=O) groups excluding carboxylic acids is 1. The van der Waals surface area contributed by atoms with E-state index in [4.69, 9.17) is 9.47 Å². The van der Waals surface area contributed by atoms with Crippen molar-refractivity contribution in [1.82, 2.24) is 9.47 Å². The first-order chi connectivity index (χ1) is 11.0. The van der Waals surface area contributed by atoms with Gasteiger partial charge in [0.05, 0.1) is 5.52 Å². The minimum atomic E-state index is -0.917. The summed E-state index contributed by atoms with van der Waals surface area (Å²) in [6, 6.07) is 7.73. The summed E-state index contributed by atoms with van der Waals surface area (Å²) in [5.41, 5.74) is 1.91. The molecule has 1 N–H and O–H groups in total. The molecule has 6 heteroatoms. The van der Waals surface area contributed by atoms with Gasteiger partial charge >= 0.3 is 6.09 Å². The molecule has 0 spiro atoms. The number of rotatable bonds is 7. The first-order valence-corrected chi connectivity index (χ1v) is 7.73. The van der Waals surface area contributed by atoms with Gasteiger partial charge in [0.25, 0.3) is 0 Å². The molecule has 0 saturated heterocycles. The molecule has 1 aromatic heterocycles. The highest BCUT2D eigenvalue weighted by molar-refractivity contribution is 5.91. The number of aliphatic hydroxyl groups is 1. The molecular weight excluding hydrogens is 296 g/mol. The number of hydrogen-bond donors (Lipinski definition) is 1. The van der Waals surface area contributed by atoms with Crippen LogP contribution >= 0.6 is 0 Å². The Hall–Kier alpha value is -1.89. The fraction of sp³-hybridized carbons (Fsp3) is 0.471. The van der Waals surface area contributed by atoms with Crippen molar-refractivity contribution in [2.24, 2.45) is 0 Å². The zero-order valence-corrected chi connectivity index (χ0v) is 13.9. The van der Waals surface area contributed by atoms with E-state index in [1.54, 1.807) is 6.92 Å². The van der Waals surface area contributed by atoms with Gasteiger partial charge in [-0.15, -0.1) is 0 Å².